The molecule has 1 amide bonds. The van der Waals surface area contributed by atoms with Gasteiger partial charge < -0.3 is 15.4 Å². The number of carbonyl (C=O) groups is 1. The van der Waals surface area contributed by atoms with Gasteiger partial charge in [0.1, 0.15) is 11.3 Å². The Morgan fingerprint density at radius 1 is 1.28 bits per heavy atom. The highest BCUT2D eigenvalue weighted by atomic mass is 16.5. The zero-order valence-corrected chi connectivity index (χ0v) is 11.6. The SMILES string of the molecule is CC.COc1ccc(C2(N)CCN(C)C2=O)cc1. The molecule has 0 aliphatic carbocycles. The number of likely N-dealkylation sites (N-methyl/N-ethyl adjacent to an activating group) is 1. The minimum Gasteiger partial charge on any atom is -0.497 e. The molecule has 0 radical (unpaired) electrons. The molecule has 0 saturated carbocycles. The minimum absolute atomic E-state index is 0.0160. The molecule has 1 unspecified atom stereocenters. The molecule has 1 atom stereocenters. The van der Waals surface area contributed by atoms with Crippen molar-refractivity contribution in [3.63, 3.8) is 0 Å². The van der Waals surface area contributed by atoms with E-state index in [1.807, 2.05) is 38.1 Å². The van der Waals surface area contributed by atoms with Crippen LogP contribution < -0.4 is 10.5 Å². The summed E-state index contributed by atoms with van der Waals surface area (Å²) in [4.78, 5) is 13.6. The molecule has 0 aromatic heterocycles. The van der Waals surface area contributed by atoms with Gasteiger partial charge in [0.15, 0.2) is 0 Å². The van der Waals surface area contributed by atoms with Crippen LogP contribution in [0.1, 0.15) is 25.8 Å². The molecule has 0 bridgehead atoms. The summed E-state index contributed by atoms with van der Waals surface area (Å²) in [5.41, 5.74) is 6.16. The van der Waals surface area contributed by atoms with E-state index >= 15 is 0 Å². The standard InChI is InChI=1S/C12H16N2O2.C2H6/c1-14-8-7-12(13,11(14)15)9-3-5-10(16-2)6-4-9;1-2/h3-6H,7-8,13H2,1-2H3;1-2H3. The van der Waals surface area contributed by atoms with Crippen LogP contribution in [-0.4, -0.2) is 31.5 Å². The van der Waals surface area contributed by atoms with Gasteiger partial charge in [-0.15, -0.1) is 0 Å². The van der Waals surface area contributed by atoms with E-state index in [1.165, 1.54) is 0 Å². The van der Waals surface area contributed by atoms with E-state index < -0.39 is 5.54 Å². The summed E-state index contributed by atoms with van der Waals surface area (Å²) in [6.45, 7) is 4.71. The topological polar surface area (TPSA) is 55.6 Å². The quantitative estimate of drug-likeness (QED) is 0.869. The van der Waals surface area contributed by atoms with E-state index in [4.69, 9.17) is 10.5 Å². The van der Waals surface area contributed by atoms with E-state index in [0.29, 0.717) is 13.0 Å². The third-order valence-electron chi connectivity index (χ3n) is 3.18. The molecule has 4 nitrogen and oxygen atoms in total. The first-order valence-corrected chi connectivity index (χ1v) is 6.27. The second kappa shape index (κ2) is 5.87. The molecular formula is C14H22N2O2. The van der Waals surface area contributed by atoms with Crippen LogP contribution in [0.4, 0.5) is 0 Å². The van der Waals surface area contributed by atoms with Gasteiger partial charge in [-0.3, -0.25) is 4.79 Å². The highest BCUT2D eigenvalue weighted by Crippen LogP contribution is 2.30. The Bertz CT molecular complexity index is 403. The van der Waals surface area contributed by atoms with E-state index in [0.717, 1.165) is 11.3 Å². The molecule has 18 heavy (non-hydrogen) atoms. The summed E-state index contributed by atoms with van der Waals surface area (Å²) in [6.07, 6.45) is 0.661. The van der Waals surface area contributed by atoms with Crippen molar-refractivity contribution in [1.82, 2.24) is 4.90 Å². The maximum absolute atomic E-state index is 12.0. The lowest BCUT2D eigenvalue weighted by atomic mass is 9.89. The van der Waals surface area contributed by atoms with E-state index in [9.17, 15) is 4.79 Å². The number of carbonyl (C=O) groups excluding carboxylic acids is 1. The first kappa shape index (κ1) is 14.5. The smallest absolute Gasteiger partial charge is 0.247 e. The van der Waals surface area contributed by atoms with Gasteiger partial charge in [0.25, 0.3) is 0 Å². The molecule has 2 rings (SSSR count). The number of hydrogen-bond donors (Lipinski definition) is 1. The average molecular weight is 250 g/mol. The molecule has 4 heteroatoms. The maximum atomic E-state index is 12.0. The van der Waals surface area contributed by atoms with Crippen LogP contribution in [0.3, 0.4) is 0 Å². The Morgan fingerprint density at radius 3 is 2.22 bits per heavy atom. The van der Waals surface area contributed by atoms with Crippen LogP contribution in [0.15, 0.2) is 24.3 Å². The lowest BCUT2D eigenvalue weighted by molar-refractivity contribution is -0.131. The number of rotatable bonds is 2. The number of methoxy groups -OCH3 is 1. The zero-order chi connectivity index (χ0) is 13.8. The summed E-state index contributed by atoms with van der Waals surface area (Å²) in [5.74, 6) is 0.754. The van der Waals surface area contributed by atoms with Gasteiger partial charge in [0.05, 0.1) is 7.11 Å². The summed E-state index contributed by atoms with van der Waals surface area (Å²) < 4.78 is 5.08. The number of nitrogens with zero attached hydrogens (tertiary/aromatic N) is 1. The van der Waals surface area contributed by atoms with Gasteiger partial charge in [-0.25, -0.2) is 0 Å². The molecule has 2 N–H and O–H groups in total. The van der Waals surface area contributed by atoms with Crippen molar-refractivity contribution in [1.29, 1.82) is 0 Å². The molecule has 1 aromatic carbocycles. The maximum Gasteiger partial charge on any atom is 0.247 e. The van der Waals surface area contributed by atoms with Crippen molar-refractivity contribution < 1.29 is 9.53 Å². The highest BCUT2D eigenvalue weighted by Gasteiger charge is 2.43. The lowest BCUT2D eigenvalue weighted by Gasteiger charge is -2.22. The second-order valence-corrected chi connectivity index (χ2v) is 4.18. The molecule has 0 spiro atoms. The molecule has 1 aliphatic rings. The molecule has 1 aromatic rings. The Morgan fingerprint density at radius 2 is 1.83 bits per heavy atom. The fourth-order valence-corrected chi connectivity index (χ4v) is 2.05. The Hall–Kier alpha value is -1.55. The Balaban J connectivity index is 0.000000771. The van der Waals surface area contributed by atoms with Crippen LogP contribution in [-0.2, 0) is 10.3 Å². The number of benzene rings is 1. The van der Waals surface area contributed by atoms with Crippen LogP contribution in [0.25, 0.3) is 0 Å². The molecule has 1 fully saturated rings. The predicted molar refractivity (Wildman–Crippen MR) is 72.5 cm³/mol. The third-order valence-corrected chi connectivity index (χ3v) is 3.18. The fraction of sp³-hybridized carbons (Fsp3) is 0.500. The first-order valence-electron chi connectivity index (χ1n) is 6.27. The molecule has 100 valence electrons. The summed E-state index contributed by atoms with van der Waals surface area (Å²) in [7, 11) is 3.39. The normalized spacial score (nSPS) is 22.5. The number of nitrogens with two attached hydrogens (primary N) is 1. The molecule has 1 heterocycles. The van der Waals surface area contributed by atoms with E-state index in [2.05, 4.69) is 0 Å². The van der Waals surface area contributed by atoms with Crippen molar-refractivity contribution in [2.24, 2.45) is 5.73 Å². The largest absolute Gasteiger partial charge is 0.497 e. The lowest BCUT2D eigenvalue weighted by Crippen LogP contribution is -2.44. The van der Waals surface area contributed by atoms with Gasteiger partial charge in [-0.2, -0.15) is 0 Å². The van der Waals surface area contributed by atoms with E-state index in [-0.39, 0.29) is 5.91 Å². The summed E-state index contributed by atoms with van der Waals surface area (Å²) >= 11 is 0. The van der Waals surface area contributed by atoms with Gasteiger partial charge in [-0.1, -0.05) is 26.0 Å². The Labute approximate surface area is 109 Å². The first-order chi connectivity index (χ1) is 8.58. The van der Waals surface area contributed by atoms with E-state index in [1.54, 1.807) is 19.1 Å². The van der Waals surface area contributed by atoms with Gasteiger partial charge in [-0.05, 0) is 24.1 Å². The van der Waals surface area contributed by atoms with Crippen molar-refractivity contribution >= 4 is 5.91 Å². The minimum atomic E-state index is -0.860. The van der Waals surface area contributed by atoms with Gasteiger partial charge in [0.2, 0.25) is 5.91 Å². The number of hydrogen-bond acceptors (Lipinski definition) is 3. The Kier molecular flexibility index (Phi) is 4.73. The van der Waals surface area contributed by atoms with Crippen molar-refractivity contribution in [2.45, 2.75) is 25.8 Å². The van der Waals surface area contributed by atoms with Gasteiger partial charge >= 0.3 is 0 Å². The third kappa shape index (κ3) is 2.48. The summed E-state index contributed by atoms with van der Waals surface area (Å²) in [5, 5.41) is 0. The van der Waals surface area contributed by atoms with Crippen molar-refractivity contribution in [2.75, 3.05) is 20.7 Å². The average Bonchev–Trinajstić information content (AvgIpc) is 2.70. The highest BCUT2D eigenvalue weighted by molar-refractivity contribution is 5.89. The zero-order valence-electron chi connectivity index (χ0n) is 11.6. The van der Waals surface area contributed by atoms with Crippen LogP contribution in [0.5, 0.6) is 5.75 Å². The van der Waals surface area contributed by atoms with Crippen molar-refractivity contribution in [3.05, 3.63) is 29.8 Å². The summed E-state index contributed by atoms with van der Waals surface area (Å²) in [6, 6.07) is 7.37. The molecule has 1 aliphatic heterocycles. The fourth-order valence-electron chi connectivity index (χ4n) is 2.05. The monoisotopic (exact) mass is 250 g/mol. The number of amides is 1. The predicted octanol–water partition coefficient (Wildman–Crippen LogP) is 1.74. The van der Waals surface area contributed by atoms with Crippen molar-refractivity contribution in [3.8, 4) is 5.75 Å². The number of likely N-dealkylation sites (tertiary alicyclic amines) is 1. The van der Waals surface area contributed by atoms with Crippen LogP contribution in [0.2, 0.25) is 0 Å². The number of ether oxygens (including phenoxy) is 1. The van der Waals surface area contributed by atoms with Crippen LogP contribution >= 0.6 is 0 Å². The molecule has 1 saturated heterocycles. The second-order valence-electron chi connectivity index (χ2n) is 4.18. The van der Waals surface area contributed by atoms with Gasteiger partial charge in [0, 0.05) is 13.6 Å². The van der Waals surface area contributed by atoms with Crippen LogP contribution in [0, 0.1) is 0 Å². The molecular weight excluding hydrogens is 228 g/mol.